The van der Waals surface area contributed by atoms with Crippen LogP contribution in [0.4, 0.5) is 0 Å². The van der Waals surface area contributed by atoms with Gasteiger partial charge in [0.2, 0.25) is 5.91 Å². The van der Waals surface area contributed by atoms with Gasteiger partial charge in [-0.1, -0.05) is 36.0 Å². The molecule has 3 aromatic heterocycles. The average molecular weight is 484 g/mol. The summed E-state index contributed by atoms with van der Waals surface area (Å²) in [6.07, 6.45) is 0.0384. The van der Waals surface area contributed by atoms with E-state index < -0.39 is 0 Å². The molecule has 0 N–H and O–H groups in total. The lowest BCUT2D eigenvalue weighted by Crippen LogP contribution is -2.45. The molecule has 0 spiro atoms. The Morgan fingerprint density at radius 1 is 1.22 bits per heavy atom. The molecule has 0 saturated carbocycles. The second-order valence-electron chi connectivity index (χ2n) is 7.49. The number of hydrogen-bond donors (Lipinski definition) is 0. The van der Waals surface area contributed by atoms with Gasteiger partial charge < -0.3 is 9.64 Å². The third-order valence-corrected chi connectivity index (χ3v) is 8.00. The molecule has 5 rings (SSSR count). The van der Waals surface area contributed by atoms with Gasteiger partial charge in [0.1, 0.15) is 4.83 Å². The molecule has 1 aliphatic rings. The highest BCUT2D eigenvalue weighted by Crippen LogP contribution is 2.35. The second-order valence-corrected chi connectivity index (χ2v) is 10.2. The minimum atomic E-state index is -0.110. The molecule has 0 radical (unpaired) electrons. The first kappa shape index (κ1) is 21.4. The van der Waals surface area contributed by atoms with Crippen molar-refractivity contribution in [2.75, 3.05) is 25.4 Å². The van der Waals surface area contributed by atoms with E-state index in [4.69, 9.17) is 9.72 Å². The van der Waals surface area contributed by atoms with E-state index in [-0.39, 0.29) is 23.3 Å². The van der Waals surface area contributed by atoms with Crippen molar-refractivity contribution in [3.05, 3.63) is 63.6 Å². The molecule has 1 unspecified atom stereocenters. The summed E-state index contributed by atoms with van der Waals surface area (Å²) in [5, 5.41) is 5.15. The van der Waals surface area contributed by atoms with Crippen LogP contribution in [-0.4, -0.2) is 51.9 Å². The maximum Gasteiger partial charge on any atom is 0.268 e. The summed E-state index contributed by atoms with van der Waals surface area (Å²) in [6, 6.07) is 13.5. The number of para-hydroxylation sites is 1. The van der Waals surface area contributed by atoms with Gasteiger partial charge in [-0.2, -0.15) is 0 Å². The van der Waals surface area contributed by atoms with Gasteiger partial charge in [0, 0.05) is 28.9 Å². The zero-order valence-electron chi connectivity index (χ0n) is 17.4. The smallest absolute Gasteiger partial charge is 0.268 e. The Bertz CT molecular complexity index is 1300. The van der Waals surface area contributed by atoms with E-state index in [9.17, 15) is 9.59 Å². The van der Waals surface area contributed by atoms with Gasteiger partial charge in [-0.25, -0.2) is 4.98 Å². The van der Waals surface area contributed by atoms with Crippen molar-refractivity contribution in [2.45, 2.75) is 18.2 Å². The first-order valence-electron chi connectivity index (χ1n) is 10.3. The lowest BCUT2D eigenvalue weighted by atomic mass is 10.2. The third-order valence-electron chi connectivity index (χ3n) is 5.30. The molecule has 9 heteroatoms. The molecule has 1 aromatic carbocycles. The third kappa shape index (κ3) is 4.13. The zero-order valence-corrected chi connectivity index (χ0v) is 19.8. The topological polar surface area (TPSA) is 64.4 Å². The van der Waals surface area contributed by atoms with E-state index in [1.807, 2.05) is 65.0 Å². The summed E-state index contributed by atoms with van der Waals surface area (Å²) >= 11 is 4.38. The quantitative estimate of drug-likeness (QED) is 0.309. The van der Waals surface area contributed by atoms with Crippen LogP contribution in [-0.2, 0) is 9.53 Å². The number of ether oxygens (including phenoxy) is 1. The van der Waals surface area contributed by atoms with Crippen LogP contribution >= 0.6 is 34.4 Å². The highest BCUT2D eigenvalue weighted by molar-refractivity contribution is 7.99. The molecule has 1 atom stereocenters. The minimum Gasteiger partial charge on any atom is -0.375 e. The Labute approximate surface area is 197 Å². The number of nitrogens with zero attached hydrogens (tertiary/aromatic N) is 3. The fourth-order valence-electron chi connectivity index (χ4n) is 3.75. The maximum absolute atomic E-state index is 13.7. The molecular weight excluding hydrogens is 462 g/mol. The summed E-state index contributed by atoms with van der Waals surface area (Å²) in [4.78, 5) is 34.9. The summed E-state index contributed by atoms with van der Waals surface area (Å²) < 4.78 is 7.17. The number of benzene rings is 1. The summed E-state index contributed by atoms with van der Waals surface area (Å²) in [7, 11) is 0. The molecular formula is C23H21N3O3S3. The average Bonchev–Trinajstić information content (AvgIpc) is 3.48. The number of morpholine rings is 1. The van der Waals surface area contributed by atoms with Crippen LogP contribution in [0.15, 0.2) is 63.2 Å². The molecule has 0 aliphatic carbocycles. The lowest BCUT2D eigenvalue weighted by molar-refractivity contribution is -0.135. The van der Waals surface area contributed by atoms with Crippen molar-refractivity contribution in [3.8, 4) is 16.1 Å². The van der Waals surface area contributed by atoms with E-state index in [1.54, 1.807) is 15.9 Å². The second kappa shape index (κ2) is 9.19. The highest BCUT2D eigenvalue weighted by atomic mass is 32.2. The summed E-state index contributed by atoms with van der Waals surface area (Å²) in [6.45, 7) is 3.71. The van der Waals surface area contributed by atoms with Gasteiger partial charge in [0.25, 0.3) is 5.56 Å². The molecule has 4 heterocycles. The van der Waals surface area contributed by atoms with Crippen molar-refractivity contribution in [1.82, 2.24) is 14.5 Å². The van der Waals surface area contributed by atoms with Crippen molar-refractivity contribution in [2.24, 2.45) is 0 Å². The number of carbonyl (C=O) groups excluding carboxylic acids is 1. The fraction of sp³-hybridized carbons (Fsp3) is 0.261. The number of amides is 1. The van der Waals surface area contributed by atoms with Crippen LogP contribution in [0, 0.1) is 0 Å². The minimum absolute atomic E-state index is 0.0320. The monoisotopic (exact) mass is 483 g/mol. The molecule has 1 aliphatic heterocycles. The van der Waals surface area contributed by atoms with E-state index >= 15 is 0 Å². The Kier molecular flexibility index (Phi) is 6.14. The van der Waals surface area contributed by atoms with Crippen LogP contribution in [0.5, 0.6) is 0 Å². The molecule has 1 amide bonds. The van der Waals surface area contributed by atoms with Crippen molar-refractivity contribution in [1.29, 1.82) is 0 Å². The SMILES string of the molecule is CC1CN(C(=O)CSc2nc3scc(-c4cccs4)c3c(=O)n2-c2ccccc2)CCO1. The predicted molar refractivity (Wildman–Crippen MR) is 131 cm³/mol. The van der Waals surface area contributed by atoms with E-state index in [0.717, 1.165) is 16.1 Å². The van der Waals surface area contributed by atoms with Gasteiger partial charge in [-0.3, -0.25) is 14.2 Å². The Hall–Kier alpha value is -2.46. The summed E-state index contributed by atoms with van der Waals surface area (Å²) in [5.41, 5.74) is 1.54. The maximum atomic E-state index is 13.7. The Morgan fingerprint density at radius 2 is 2.06 bits per heavy atom. The van der Waals surface area contributed by atoms with Crippen LogP contribution in [0.25, 0.3) is 26.3 Å². The number of rotatable bonds is 5. The molecule has 1 fully saturated rings. The van der Waals surface area contributed by atoms with Crippen LogP contribution in [0.2, 0.25) is 0 Å². The fourth-order valence-corrected chi connectivity index (χ4v) is 6.47. The number of thiophene rings is 2. The number of hydrogen-bond acceptors (Lipinski definition) is 7. The van der Waals surface area contributed by atoms with Crippen LogP contribution < -0.4 is 5.56 Å². The Morgan fingerprint density at radius 3 is 2.81 bits per heavy atom. The Balaban J connectivity index is 1.54. The van der Waals surface area contributed by atoms with Gasteiger partial charge >= 0.3 is 0 Å². The molecule has 32 heavy (non-hydrogen) atoms. The van der Waals surface area contributed by atoms with E-state index in [2.05, 4.69) is 0 Å². The molecule has 1 saturated heterocycles. The number of thioether (sulfide) groups is 1. The highest BCUT2D eigenvalue weighted by Gasteiger charge is 2.23. The van der Waals surface area contributed by atoms with Crippen LogP contribution in [0.3, 0.4) is 0 Å². The van der Waals surface area contributed by atoms with Gasteiger partial charge in [-0.05, 0) is 30.5 Å². The zero-order chi connectivity index (χ0) is 22.1. The van der Waals surface area contributed by atoms with E-state index in [1.165, 1.54) is 23.1 Å². The van der Waals surface area contributed by atoms with Crippen molar-refractivity contribution in [3.63, 3.8) is 0 Å². The normalized spacial score (nSPS) is 16.5. The molecule has 4 aromatic rings. The number of aromatic nitrogens is 2. The standard InChI is InChI=1S/C23H21N3O3S3/c1-15-12-25(9-10-29-15)19(27)14-32-23-24-21-20(17(13-31-21)18-8-5-11-30-18)22(28)26(23)16-6-3-2-4-7-16/h2-8,11,13,15H,9-10,12,14H2,1H3. The van der Waals surface area contributed by atoms with E-state index in [0.29, 0.717) is 35.1 Å². The van der Waals surface area contributed by atoms with Gasteiger partial charge in [0.05, 0.1) is 29.5 Å². The number of carbonyl (C=O) groups is 1. The number of fused-ring (bicyclic) bond motifs is 1. The predicted octanol–water partition coefficient (Wildman–Crippen LogP) is 4.52. The first-order chi connectivity index (χ1) is 15.6. The van der Waals surface area contributed by atoms with Crippen molar-refractivity contribution >= 4 is 50.6 Å². The van der Waals surface area contributed by atoms with Gasteiger partial charge in [0.15, 0.2) is 5.16 Å². The molecule has 6 nitrogen and oxygen atoms in total. The summed E-state index contributed by atoms with van der Waals surface area (Å²) in [5.74, 6) is 0.255. The van der Waals surface area contributed by atoms with Crippen molar-refractivity contribution < 1.29 is 9.53 Å². The lowest BCUT2D eigenvalue weighted by Gasteiger charge is -2.31. The largest absolute Gasteiger partial charge is 0.375 e. The molecule has 164 valence electrons. The first-order valence-corrected chi connectivity index (χ1v) is 13.0. The van der Waals surface area contributed by atoms with Crippen LogP contribution in [0.1, 0.15) is 6.92 Å². The molecule has 0 bridgehead atoms. The van der Waals surface area contributed by atoms with Gasteiger partial charge in [-0.15, -0.1) is 22.7 Å².